The molecular weight excluding hydrogens is 320 g/mol. The van der Waals surface area contributed by atoms with Crippen molar-refractivity contribution in [2.45, 2.75) is 6.92 Å². The number of hydrogen-bond acceptors (Lipinski definition) is 3. The van der Waals surface area contributed by atoms with Crippen molar-refractivity contribution in [3.05, 3.63) is 52.0 Å². The lowest BCUT2D eigenvalue weighted by molar-refractivity contribution is 0.102. The largest absolute Gasteiger partial charge is 0.497 e. The van der Waals surface area contributed by atoms with Crippen LogP contribution >= 0.6 is 15.9 Å². The number of methoxy groups -OCH3 is 1. The zero-order valence-corrected chi connectivity index (χ0v) is 12.8. The molecule has 0 saturated carbocycles. The number of benzene rings is 2. The molecule has 0 radical (unpaired) electrons. The van der Waals surface area contributed by atoms with E-state index in [0.29, 0.717) is 22.7 Å². The maximum absolute atomic E-state index is 12.3. The first kappa shape index (κ1) is 14.4. The van der Waals surface area contributed by atoms with Crippen LogP contribution in [0, 0.1) is 6.92 Å². The maximum Gasteiger partial charge on any atom is 0.258 e. The van der Waals surface area contributed by atoms with Crippen molar-refractivity contribution in [2.24, 2.45) is 0 Å². The van der Waals surface area contributed by atoms with Crippen LogP contribution in [-0.2, 0) is 0 Å². The number of rotatable bonds is 3. The number of nitrogens with two attached hydrogens (primary N) is 1. The molecule has 1 amide bonds. The standard InChI is InChI=1S/C15H15BrN2O2/c1-9-4-3-5-13(17)14(9)15(19)18-11-6-10(16)7-12(8-11)20-2/h3-8H,17H2,1-2H3,(H,18,19). The van der Waals surface area contributed by atoms with E-state index >= 15 is 0 Å². The van der Waals surface area contributed by atoms with Crippen LogP contribution < -0.4 is 15.8 Å². The van der Waals surface area contributed by atoms with Crippen LogP contribution in [0.3, 0.4) is 0 Å². The molecule has 0 spiro atoms. The summed E-state index contributed by atoms with van der Waals surface area (Å²) in [5, 5.41) is 2.83. The van der Waals surface area contributed by atoms with E-state index < -0.39 is 0 Å². The number of anilines is 2. The summed E-state index contributed by atoms with van der Waals surface area (Å²) in [7, 11) is 1.58. The maximum atomic E-state index is 12.3. The predicted molar refractivity (Wildman–Crippen MR) is 84.2 cm³/mol. The molecule has 2 aromatic carbocycles. The van der Waals surface area contributed by atoms with Gasteiger partial charge in [-0.1, -0.05) is 28.1 Å². The third-order valence-electron chi connectivity index (χ3n) is 2.90. The van der Waals surface area contributed by atoms with Crippen molar-refractivity contribution < 1.29 is 9.53 Å². The Bertz CT molecular complexity index is 636. The van der Waals surface area contributed by atoms with Gasteiger partial charge in [-0.15, -0.1) is 0 Å². The second-order valence-corrected chi connectivity index (χ2v) is 5.29. The molecule has 3 N–H and O–H groups in total. The molecule has 0 heterocycles. The number of aryl methyl sites for hydroxylation is 1. The summed E-state index contributed by atoms with van der Waals surface area (Å²) in [4.78, 5) is 12.3. The average molecular weight is 335 g/mol. The number of halogens is 1. The number of ether oxygens (including phenoxy) is 1. The lowest BCUT2D eigenvalue weighted by atomic mass is 10.1. The van der Waals surface area contributed by atoms with Gasteiger partial charge in [0, 0.05) is 21.9 Å². The van der Waals surface area contributed by atoms with E-state index in [0.717, 1.165) is 10.0 Å². The van der Waals surface area contributed by atoms with Gasteiger partial charge in [0.25, 0.3) is 5.91 Å². The number of amides is 1. The Labute approximate surface area is 126 Å². The SMILES string of the molecule is COc1cc(Br)cc(NC(=O)c2c(C)cccc2N)c1. The molecule has 2 aromatic rings. The van der Waals surface area contributed by atoms with Gasteiger partial charge >= 0.3 is 0 Å². The Kier molecular flexibility index (Phi) is 4.29. The summed E-state index contributed by atoms with van der Waals surface area (Å²) < 4.78 is 5.99. The summed E-state index contributed by atoms with van der Waals surface area (Å²) in [6.07, 6.45) is 0. The molecule has 20 heavy (non-hydrogen) atoms. The van der Waals surface area contributed by atoms with Gasteiger partial charge in [-0.25, -0.2) is 0 Å². The summed E-state index contributed by atoms with van der Waals surface area (Å²) in [5.74, 6) is 0.424. The Morgan fingerprint density at radius 2 is 2.05 bits per heavy atom. The van der Waals surface area contributed by atoms with Crippen LogP contribution in [0.1, 0.15) is 15.9 Å². The Morgan fingerprint density at radius 1 is 1.30 bits per heavy atom. The number of nitrogens with one attached hydrogen (secondary N) is 1. The van der Waals surface area contributed by atoms with Crippen LogP contribution in [0.2, 0.25) is 0 Å². The molecule has 0 aliphatic heterocycles. The lowest BCUT2D eigenvalue weighted by Gasteiger charge is -2.11. The minimum atomic E-state index is -0.235. The van der Waals surface area contributed by atoms with Gasteiger partial charge in [0.1, 0.15) is 5.75 Å². The molecule has 0 atom stereocenters. The summed E-state index contributed by atoms with van der Waals surface area (Å²) >= 11 is 3.37. The summed E-state index contributed by atoms with van der Waals surface area (Å²) in [5.41, 5.74) is 8.30. The topological polar surface area (TPSA) is 64.3 Å². The minimum Gasteiger partial charge on any atom is -0.497 e. The second kappa shape index (κ2) is 5.96. The van der Waals surface area contributed by atoms with Crippen molar-refractivity contribution in [1.29, 1.82) is 0 Å². The zero-order valence-electron chi connectivity index (χ0n) is 11.2. The van der Waals surface area contributed by atoms with E-state index in [1.54, 1.807) is 25.3 Å². The smallest absolute Gasteiger partial charge is 0.258 e. The first-order valence-corrected chi connectivity index (χ1v) is 6.81. The van der Waals surface area contributed by atoms with E-state index in [2.05, 4.69) is 21.2 Å². The highest BCUT2D eigenvalue weighted by Crippen LogP contribution is 2.26. The van der Waals surface area contributed by atoms with Gasteiger partial charge < -0.3 is 15.8 Å². The van der Waals surface area contributed by atoms with Crippen molar-refractivity contribution in [3.8, 4) is 5.75 Å². The third-order valence-corrected chi connectivity index (χ3v) is 3.35. The first-order valence-electron chi connectivity index (χ1n) is 6.02. The molecule has 0 aliphatic carbocycles. The van der Waals surface area contributed by atoms with Crippen LogP contribution in [0.15, 0.2) is 40.9 Å². The molecule has 0 aromatic heterocycles. The van der Waals surface area contributed by atoms with E-state index in [1.807, 2.05) is 25.1 Å². The summed E-state index contributed by atoms with van der Waals surface area (Å²) in [6.45, 7) is 1.85. The van der Waals surface area contributed by atoms with Crippen molar-refractivity contribution >= 4 is 33.2 Å². The molecule has 4 nitrogen and oxygen atoms in total. The monoisotopic (exact) mass is 334 g/mol. The molecule has 0 aliphatic rings. The number of nitrogen functional groups attached to an aromatic ring is 1. The third kappa shape index (κ3) is 3.11. The van der Waals surface area contributed by atoms with Crippen LogP contribution in [0.25, 0.3) is 0 Å². The van der Waals surface area contributed by atoms with E-state index in [1.165, 1.54) is 0 Å². The van der Waals surface area contributed by atoms with Gasteiger partial charge in [0.15, 0.2) is 0 Å². The van der Waals surface area contributed by atoms with Gasteiger partial charge in [-0.2, -0.15) is 0 Å². The Morgan fingerprint density at radius 3 is 2.70 bits per heavy atom. The van der Waals surface area contributed by atoms with Crippen molar-refractivity contribution in [3.63, 3.8) is 0 Å². The van der Waals surface area contributed by atoms with Gasteiger partial charge in [0.2, 0.25) is 0 Å². The minimum absolute atomic E-state index is 0.235. The van der Waals surface area contributed by atoms with Crippen LogP contribution in [0.5, 0.6) is 5.75 Å². The summed E-state index contributed by atoms with van der Waals surface area (Å²) in [6, 6.07) is 10.8. The van der Waals surface area contributed by atoms with E-state index in [9.17, 15) is 4.79 Å². The van der Waals surface area contributed by atoms with E-state index in [-0.39, 0.29) is 5.91 Å². The number of carbonyl (C=O) groups excluding carboxylic acids is 1. The zero-order chi connectivity index (χ0) is 14.7. The van der Waals surface area contributed by atoms with Crippen LogP contribution in [0.4, 0.5) is 11.4 Å². The fourth-order valence-corrected chi connectivity index (χ4v) is 2.42. The normalized spacial score (nSPS) is 10.2. The Balaban J connectivity index is 2.30. The Hall–Kier alpha value is -2.01. The highest BCUT2D eigenvalue weighted by molar-refractivity contribution is 9.10. The van der Waals surface area contributed by atoms with Gasteiger partial charge in [-0.05, 0) is 30.7 Å². The number of hydrogen-bond donors (Lipinski definition) is 2. The van der Waals surface area contributed by atoms with Crippen LogP contribution in [-0.4, -0.2) is 13.0 Å². The van der Waals surface area contributed by atoms with Gasteiger partial charge in [0.05, 0.1) is 12.7 Å². The van der Waals surface area contributed by atoms with Crippen molar-refractivity contribution in [2.75, 3.05) is 18.2 Å². The quantitative estimate of drug-likeness (QED) is 0.843. The number of carbonyl (C=O) groups is 1. The fraction of sp³-hybridized carbons (Fsp3) is 0.133. The second-order valence-electron chi connectivity index (χ2n) is 4.37. The first-order chi connectivity index (χ1) is 9.51. The molecule has 0 saturated heterocycles. The fourth-order valence-electron chi connectivity index (χ4n) is 1.95. The van der Waals surface area contributed by atoms with E-state index in [4.69, 9.17) is 10.5 Å². The lowest BCUT2D eigenvalue weighted by Crippen LogP contribution is -2.15. The molecule has 5 heteroatoms. The van der Waals surface area contributed by atoms with Crippen molar-refractivity contribution in [1.82, 2.24) is 0 Å². The molecule has 0 bridgehead atoms. The molecular formula is C15H15BrN2O2. The molecule has 0 unspecified atom stereocenters. The molecule has 2 rings (SSSR count). The highest BCUT2D eigenvalue weighted by Gasteiger charge is 2.13. The predicted octanol–water partition coefficient (Wildman–Crippen LogP) is 3.60. The molecule has 0 fully saturated rings. The van der Waals surface area contributed by atoms with Gasteiger partial charge in [-0.3, -0.25) is 4.79 Å². The molecule has 104 valence electrons. The highest BCUT2D eigenvalue weighted by atomic mass is 79.9. The average Bonchev–Trinajstić information content (AvgIpc) is 2.37.